The quantitative estimate of drug-likeness (QED) is 0.364. The molecule has 1 unspecified atom stereocenters. The molecule has 0 N–H and O–H groups in total. The van der Waals surface area contributed by atoms with E-state index < -0.39 is 0 Å². The molecule has 1 heterocycles. The lowest BCUT2D eigenvalue weighted by Crippen LogP contribution is -2.21. The molecule has 4 nitrogen and oxygen atoms in total. The van der Waals surface area contributed by atoms with Gasteiger partial charge in [0, 0.05) is 17.7 Å². The predicted octanol–water partition coefficient (Wildman–Crippen LogP) is 6.72. The second kappa shape index (κ2) is 8.84. The van der Waals surface area contributed by atoms with E-state index in [2.05, 4.69) is 37.9 Å². The average Bonchev–Trinajstić information content (AvgIpc) is 3.34. The summed E-state index contributed by atoms with van der Waals surface area (Å²) in [6.45, 7) is 9.11. The number of rotatable bonds is 9. The molecule has 160 valence electrons. The van der Waals surface area contributed by atoms with Gasteiger partial charge < -0.3 is 14.2 Å². The first-order chi connectivity index (χ1) is 15.0. The first-order valence-corrected chi connectivity index (χ1v) is 10.8. The molecule has 4 rings (SSSR count). The maximum atomic E-state index is 6.01. The molecule has 1 atom stereocenters. The topological polar surface area (TPSA) is 40.6 Å². The zero-order valence-corrected chi connectivity index (χ0v) is 18.6. The summed E-state index contributed by atoms with van der Waals surface area (Å²) in [6.07, 6.45) is 2.71. The Balaban J connectivity index is 1.30. The first-order valence-electron chi connectivity index (χ1n) is 10.8. The number of pyridine rings is 1. The van der Waals surface area contributed by atoms with Crippen LogP contribution in [0.25, 0.3) is 0 Å². The van der Waals surface area contributed by atoms with Crippen LogP contribution in [-0.2, 0) is 5.41 Å². The summed E-state index contributed by atoms with van der Waals surface area (Å²) >= 11 is 0. The van der Waals surface area contributed by atoms with Crippen molar-refractivity contribution in [1.29, 1.82) is 0 Å². The van der Waals surface area contributed by atoms with Crippen LogP contribution in [0.5, 0.6) is 23.1 Å². The van der Waals surface area contributed by atoms with Crippen molar-refractivity contribution < 1.29 is 14.2 Å². The van der Waals surface area contributed by atoms with Crippen molar-refractivity contribution in [2.45, 2.75) is 45.6 Å². The molecule has 31 heavy (non-hydrogen) atoms. The van der Waals surface area contributed by atoms with E-state index in [9.17, 15) is 0 Å². The van der Waals surface area contributed by atoms with Crippen LogP contribution in [0.1, 0.15) is 39.7 Å². The molecule has 0 radical (unpaired) electrons. The van der Waals surface area contributed by atoms with Crippen molar-refractivity contribution in [1.82, 2.24) is 4.98 Å². The number of aromatic nitrogens is 1. The van der Waals surface area contributed by atoms with E-state index in [0.29, 0.717) is 12.5 Å². The number of nitrogens with zero attached hydrogens (tertiary/aromatic N) is 1. The van der Waals surface area contributed by atoms with Crippen molar-refractivity contribution in [3.05, 3.63) is 89.6 Å². The standard InChI is InChI=1S/C27H29NO3/c1-5-27(20(3)21(27)4)22-9-11-24(12-10-22)31-25-15-13-23(14-16-25)29-18-19(2)30-26-8-6-7-17-28-26/h6-17,19H,5,18H2,1-4H3. The number of benzene rings is 2. The van der Waals surface area contributed by atoms with Crippen molar-refractivity contribution in [2.75, 3.05) is 6.61 Å². The Morgan fingerprint density at radius 3 is 2.00 bits per heavy atom. The lowest BCUT2D eigenvalue weighted by molar-refractivity contribution is 0.138. The van der Waals surface area contributed by atoms with Crippen LogP contribution in [0.4, 0.5) is 0 Å². The minimum absolute atomic E-state index is 0.107. The Kier molecular flexibility index (Phi) is 5.99. The van der Waals surface area contributed by atoms with E-state index in [4.69, 9.17) is 14.2 Å². The van der Waals surface area contributed by atoms with E-state index >= 15 is 0 Å². The van der Waals surface area contributed by atoms with Crippen LogP contribution < -0.4 is 14.2 Å². The maximum Gasteiger partial charge on any atom is 0.213 e. The highest BCUT2D eigenvalue weighted by atomic mass is 16.5. The second-order valence-electron chi connectivity index (χ2n) is 8.01. The van der Waals surface area contributed by atoms with Crippen molar-refractivity contribution >= 4 is 0 Å². The molecule has 1 aliphatic carbocycles. The lowest BCUT2D eigenvalue weighted by atomic mass is 9.86. The summed E-state index contributed by atoms with van der Waals surface area (Å²) in [5.41, 5.74) is 4.52. The molecule has 3 aromatic rings. The van der Waals surface area contributed by atoms with Gasteiger partial charge >= 0.3 is 0 Å². The van der Waals surface area contributed by atoms with Crippen LogP contribution in [-0.4, -0.2) is 17.7 Å². The van der Waals surface area contributed by atoms with Gasteiger partial charge in [-0.15, -0.1) is 0 Å². The van der Waals surface area contributed by atoms with Gasteiger partial charge in [0.2, 0.25) is 5.88 Å². The Morgan fingerprint density at radius 2 is 1.45 bits per heavy atom. The molecule has 0 fully saturated rings. The Bertz CT molecular complexity index is 1030. The zero-order valence-electron chi connectivity index (χ0n) is 18.6. The van der Waals surface area contributed by atoms with Gasteiger partial charge in [-0.3, -0.25) is 0 Å². The summed E-state index contributed by atoms with van der Waals surface area (Å²) < 4.78 is 17.6. The molecular formula is C27H29NO3. The molecule has 0 bridgehead atoms. The fraction of sp³-hybridized carbons (Fsp3) is 0.296. The second-order valence-corrected chi connectivity index (χ2v) is 8.01. The summed E-state index contributed by atoms with van der Waals surface area (Å²) in [6, 6.07) is 21.7. The van der Waals surface area contributed by atoms with Gasteiger partial charge in [0.05, 0.1) is 0 Å². The van der Waals surface area contributed by atoms with Crippen molar-refractivity contribution in [3.8, 4) is 23.1 Å². The summed E-state index contributed by atoms with van der Waals surface area (Å²) in [5.74, 6) is 2.98. The third-order valence-corrected chi connectivity index (χ3v) is 6.16. The zero-order chi connectivity index (χ0) is 21.8. The molecule has 1 aliphatic rings. The van der Waals surface area contributed by atoms with Gasteiger partial charge in [-0.1, -0.05) is 36.3 Å². The minimum Gasteiger partial charge on any atom is -0.490 e. The number of ether oxygens (including phenoxy) is 3. The highest BCUT2D eigenvalue weighted by Crippen LogP contribution is 2.56. The van der Waals surface area contributed by atoms with Gasteiger partial charge in [0.25, 0.3) is 0 Å². The largest absolute Gasteiger partial charge is 0.490 e. The summed E-state index contributed by atoms with van der Waals surface area (Å²) in [4.78, 5) is 4.16. The van der Waals surface area contributed by atoms with E-state index in [-0.39, 0.29) is 11.5 Å². The summed E-state index contributed by atoms with van der Waals surface area (Å²) in [7, 11) is 0. The Morgan fingerprint density at radius 1 is 0.839 bits per heavy atom. The van der Waals surface area contributed by atoms with Gasteiger partial charge in [-0.2, -0.15) is 0 Å². The maximum absolute atomic E-state index is 6.01. The van der Waals surface area contributed by atoms with Crippen molar-refractivity contribution in [2.24, 2.45) is 0 Å². The molecular weight excluding hydrogens is 386 g/mol. The monoisotopic (exact) mass is 415 g/mol. The summed E-state index contributed by atoms with van der Waals surface area (Å²) in [5, 5.41) is 0. The van der Waals surface area contributed by atoms with Crippen LogP contribution >= 0.6 is 0 Å². The smallest absolute Gasteiger partial charge is 0.213 e. The minimum atomic E-state index is -0.107. The lowest BCUT2D eigenvalue weighted by Gasteiger charge is -2.18. The van der Waals surface area contributed by atoms with Gasteiger partial charge in [0.15, 0.2) is 0 Å². The number of hydrogen-bond acceptors (Lipinski definition) is 4. The van der Waals surface area contributed by atoms with E-state index in [1.807, 2.05) is 61.5 Å². The normalized spacial score (nSPS) is 15.4. The highest BCUT2D eigenvalue weighted by Gasteiger charge is 2.47. The average molecular weight is 416 g/mol. The molecule has 1 aromatic heterocycles. The first kappa shape index (κ1) is 21.0. The molecule has 0 amide bonds. The van der Waals surface area contributed by atoms with E-state index in [0.717, 1.165) is 23.7 Å². The van der Waals surface area contributed by atoms with Gasteiger partial charge in [0.1, 0.15) is 30.0 Å². The molecule has 0 saturated carbocycles. The van der Waals surface area contributed by atoms with Crippen LogP contribution in [0.2, 0.25) is 0 Å². The van der Waals surface area contributed by atoms with Crippen LogP contribution in [0.3, 0.4) is 0 Å². The van der Waals surface area contributed by atoms with E-state index in [1.165, 1.54) is 16.7 Å². The SMILES string of the molecule is CCC1(c2ccc(Oc3ccc(OCC(C)Oc4ccccn4)cc3)cc2)C(C)=C1C. The molecule has 0 saturated heterocycles. The number of hydrogen-bond donors (Lipinski definition) is 0. The molecule has 0 aliphatic heterocycles. The highest BCUT2D eigenvalue weighted by molar-refractivity contribution is 5.60. The third-order valence-electron chi connectivity index (χ3n) is 6.16. The number of allylic oxidation sites excluding steroid dienone is 2. The Labute approximate surface area is 184 Å². The molecule has 2 aromatic carbocycles. The fourth-order valence-electron chi connectivity index (χ4n) is 4.21. The van der Waals surface area contributed by atoms with Crippen LogP contribution in [0, 0.1) is 0 Å². The van der Waals surface area contributed by atoms with Crippen molar-refractivity contribution in [3.63, 3.8) is 0 Å². The van der Waals surface area contributed by atoms with E-state index in [1.54, 1.807) is 6.20 Å². The molecule has 4 heteroatoms. The fourth-order valence-corrected chi connectivity index (χ4v) is 4.21. The van der Waals surface area contributed by atoms with Gasteiger partial charge in [-0.05, 0) is 75.2 Å². The Hall–Kier alpha value is -3.27. The van der Waals surface area contributed by atoms with Gasteiger partial charge in [-0.25, -0.2) is 4.98 Å². The third kappa shape index (κ3) is 4.43. The molecule has 0 spiro atoms. The predicted molar refractivity (Wildman–Crippen MR) is 123 cm³/mol. The van der Waals surface area contributed by atoms with Crippen LogP contribution in [0.15, 0.2) is 84.1 Å².